The molecule has 15 heavy (non-hydrogen) atoms. The van der Waals surface area contributed by atoms with E-state index >= 15 is 0 Å². The van der Waals surface area contributed by atoms with Crippen LogP contribution in [0.3, 0.4) is 0 Å². The average Bonchev–Trinajstić information content (AvgIpc) is 2.19. The minimum Gasteiger partial charge on any atom is -0.398 e. The largest absolute Gasteiger partial charge is 0.398 e. The second kappa shape index (κ2) is 5.03. The standard InChI is InChI=1S/C11H15ClN2O/c1-3-4-14-11(15)9-6-8(12)5-7(2)10(9)13/h5-6H,3-4,13H2,1-2H3,(H,14,15). The minimum absolute atomic E-state index is 0.167. The van der Waals surface area contributed by atoms with Crippen LogP contribution >= 0.6 is 11.6 Å². The molecule has 3 N–H and O–H groups in total. The molecule has 0 aromatic heterocycles. The fraction of sp³-hybridized carbons (Fsp3) is 0.364. The van der Waals surface area contributed by atoms with Crippen LogP contribution in [0, 0.1) is 6.92 Å². The van der Waals surface area contributed by atoms with Crippen LogP contribution in [0.25, 0.3) is 0 Å². The van der Waals surface area contributed by atoms with Crippen molar-refractivity contribution >= 4 is 23.2 Å². The summed E-state index contributed by atoms with van der Waals surface area (Å²) in [6.07, 6.45) is 0.894. The number of hydrogen-bond acceptors (Lipinski definition) is 2. The quantitative estimate of drug-likeness (QED) is 0.778. The van der Waals surface area contributed by atoms with Gasteiger partial charge in [-0.25, -0.2) is 0 Å². The molecule has 82 valence electrons. The summed E-state index contributed by atoms with van der Waals surface area (Å²) in [5.74, 6) is -0.167. The number of amides is 1. The Bertz CT molecular complexity index is 377. The van der Waals surface area contributed by atoms with Gasteiger partial charge in [-0.1, -0.05) is 18.5 Å². The number of halogens is 1. The molecule has 0 bridgehead atoms. The lowest BCUT2D eigenvalue weighted by Crippen LogP contribution is -2.25. The maximum absolute atomic E-state index is 11.7. The third-order valence-electron chi connectivity index (χ3n) is 2.13. The third kappa shape index (κ3) is 2.86. The molecule has 1 amide bonds. The SMILES string of the molecule is CCCNC(=O)c1cc(Cl)cc(C)c1N. The molecular weight excluding hydrogens is 212 g/mol. The van der Waals surface area contributed by atoms with Gasteiger partial charge in [-0.15, -0.1) is 0 Å². The first-order chi connectivity index (χ1) is 7.06. The molecule has 0 saturated heterocycles. The molecule has 0 radical (unpaired) electrons. The van der Waals surface area contributed by atoms with E-state index < -0.39 is 0 Å². The van der Waals surface area contributed by atoms with E-state index in [9.17, 15) is 4.79 Å². The van der Waals surface area contributed by atoms with Gasteiger partial charge < -0.3 is 11.1 Å². The van der Waals surface area contributed by atoms with Gasteiger partial charge in [-0.2, -0.15) is 0 Å². The summed E-state index contributed by atoms with van der Waals surface area (Å²) in [5, 5.41) is 3.30. The van der Waals surface area contributed by atoms with Crippen molar-refractivity contribution in [3.05, 3.63) is 28.3 Å². The van der Waals surface area contributed by atoms with Crippen LogP contribution in [-0.4, -0.2) is 12.5 Å². The van der Waals surface area contributed by atoms with Crippen molar-refractivity contribution in [2.24, 2.45) is 0 Å². The second-order valence-electron chi connectivity index (χ2n) is 3.44. The molecule has 0 aliphatic carbocycles. The molecule has 0 aliphatic rings. The summed E-state index contributed by atoms with van der Waals surface area (Å²) in [7, 11) is 0. The minimum atomic E-state index is -0.167. The molecular formula is C11H15ClN2O. The number of hydrogen-bond donors (Lipinski definition) is 2. The highest BCUT2D eigenvalue weighted by molar-refractivity contribution is 6.31. The van der Waals surface area contributed by atoms with Crippen molar-refractivity contribution in [3.8, 4) is 0 Å². The second-order valence-corrected chi connectivity index (χ2v) is 3.88. The molecule has 0 heterocycles. The van der Waals surface area contributed by atoms with E-state index in [1.165, 1.54) is 0 Å². The molecule has 0 fully saturated rings. The van der Waals surface area contributed by atoms with Crippen LogP contribution < -0.4 is 11.1 Å². The van der Waals surface area contributed by atoms with Gasteiger partial charge in [0.05, 0.1) is 5.56 Å². The molecule has 0 aliphatic heterocycles. The fourth-order valence-corrected chi connectivity index (χ4v) is 1.55. The number of nitrogens with two attached hydrogens (primary N) is 1. The summed E-state index contributed by atoms with van der Waals surface area (Å²) in [6, 6.07) is 3.34. The summed E-state index contributed by atoms with van der Waals surface area (Å²) < 4.78 is 0. The first-order valence-corrected chi connectivity index (χ1v) is 5.28. The lowest BCUT2D eigenvalue weighted by atomic mass is 10.1. The van der Waals surface area contributed by atoms with Crippen LogP contribution in [0.2, 0.25) is 5.02 Å². The Kier molecular flexibility index (Phi) is 3.97. The molecule has 0 spiro atoms. The zero-order valence-electron chi connectivity index (χ0n) is 8.93. The Hall–Kier alpha value is -1.22. The van der Waals surface area contributed by atoms with Crippen LogP contribution in [0.5, 0.6) is 0 Å². The molecule has 3 nitrogen and oxygen atoms in total. The number of nitrogens with one attached hydrogen (secondary N) is 1. The topological polar surface area (TPSA) is 55.1 Å². The highest BCUT2D eigenvalue weighted by Crippen LogP contribution is 2.22. The maximum Gasteiger partial charge on any atom is 0.253 e. The number of aryl methyl sites for hydroxylation is 1. The van der Waals surface area contributed by atoms with Crippen LogP contribution in [0.15, 0.2) is 12.1 Å². The van der Waals surface area contributed by atoms with Gasteiger partial charge in [0.2, 0.25) is 0 Å². The maximum atomic E-state index is 11.7. The third-order valence-corrected chi connectivity index (χ3v) is 2.35. The van der Waals surface area contributed by atoms with Gasteiger partial charge in [-0.05, 0) is 31.0 Å². The van der Waals surface area contributed by atoms with E-state index in [1.807, 2.05) is 13.8 Å². The van der Waals surface area contributed by atoms with E-state index in [0.29, 0.717) is 22.8 Å². The van der Waals surface area contributed by atoms with Crippen molar-refractivity contribution in [3.63, 3.8) is 0 Å². The first-order valence-electron chi connectivity index (χ1n) is 4.90. The Morgan fingerprint density at radius 3 is 2.80 bits per heavy atom. The Morgan fingerprint density at radius 2 is 2.20 bits per heavy atom. The van der Waals surface area contributed by atoms with Gasteiger partial charge >= 0.3 is 0 Å². The van der Waals surface area contributed by atoms with Crippen molar-refractivity contribution in [1.82, 2.24) is 5.32 Å². The summed E-state index contributed by atoms with van der Waals surface area (Å²) in [6.45, 7) is 4.47. The van der Waals surface area contributed by atoms with Gasteiger partial charge in [0.1, 0.15) is 0 Å². The number of anilines is 1. The van der Waals surface area contributed by atoms with E-state index in [-0.39, 0.29) is 5.91 Å². The molecule has 0 saturated carbocycles. The van der Waals surface area contributed by atoms with Crippen LogP contribution in [-0.2, 0) is 0 Å². The lowest BCUT2D eigenvalue weighted by Gasteiger charge is -2.09. The number of rotatable bonds is 3. The molecule has 0 atom stereocenters. The van der Waals surface area contributed by atoms with Gasteiger partial charge in [0, 0.05) is 17.3 Å². The van der Waals surface area contributed by atoms with E-state index in [2.05, 4.69) is 5.32 Å². The Balaban J connectivity index is 2.98. The van der Waals surface area contributed by atoms with Crippen LogP contribution in [0.4, 0.5) is 5.69 Å². The van der Waals surface area contributed by atoms with Crippen molar-refractivity contribution in [2.45, 2.75) is 20.3 Å². The van der Waals surface area contributed by atoms with E-state index in [1.54, 1.807) is 12.1 Å². The monoisotopic (exact) mass is 226 g/mol. The van der Waals surface area contributed by atoms with Crippen LogP contribution in [0.1, 0.15) is 29.3 Å². The van der Waals surface area contributed by atoms with Gasteiger partial charge in [0.15, 0.2) is 0 Å². The molecule has 0 unspecified atom stereocenters. The lowest BCUT2D eigenvalue weighted by molar-refractivity contribution is 0.0954. The van der Waals surface area contributed by atoms with Crippen molar-refractivity contribution in [2.75, 3.05) is 12.3 Å². The zero-order valence-corrected chi connectivity index (χ0v) is 9.69. The first kappa shape index (κ1) is 11.9. The fourth-order valence-electron chi connectivity index (χ4n) is 1.28. The summed E-state index contributed by atoms with van der Waals surface area (Å²) in [4.78, 5) is 11.7. The number of carbonyl (C=O) groups excluding carboxylic acids is 1. The number of benzene rings is 1. The highest BCUT2D eigenvalue weighted by atomic mass is 35.5. The van der Waals surface area contributed by atoms with E-state index in [4.69, 9.17) is 17.3 Å². The Labute approximate surface area is 94.6 Å². The zero-order chi connectivity index (χ0) is 11.4. The van der Waals surface area contributed by atoms with Crippen molar-refractivity contribution in [1.29, 1.82) is 0 Å². The normalized spacial score (nSPS) is 10.1. The van der Waals surface area contributed by atoms with Gasteiger partial charge in [0.25, 0.3) is 5.91 Å². The predicted molar refractivity (Wildman–Crippen MR) is 63.2 cm³/mol. The number of nitrogen functional groups attached to an aromatic ring is 1. The molecule has 1 rings (SSSR count). The van der Waals surface area contributed by atoms with Crippen molar-refractivity contribution < 1.29 is 4.79 Å². The van der Waals surface area contributed by atoms with E-state index in [0.717, 1.165) is 12.0 Å². The highest BCUT2D eigenvalue weighted by Gasteiger charge is 2.11. The summed E-state index contributed by atoms with van der Waals surface area (Å²) in [5.41, 5.74) is 7.57. The number of carbonyl (C=O) groups is 1. The smallest absolute Gasteiger partial charge is 0.253 e. The Morgan fingerprint density at radius 1 is 1.53 bits per heavy atom. The molecule has 1 aromatic rings. The predicted octanol–water partition coefficient (Wildman–Crippen LogP) is 2.37. The molecule has 1 aromatic carbocycles. The van der Waals surface area contributed by atoms with Gasteiger partial charge in [-0.3, -0.25) is 4.79 Å². The average molecular weight is 227 g/mol. The molecule has 4 heteroatoms. The summed E-state index contributed by atoms with van der Waals surface area (Å²) >= 11 is 5.86.